The van der Waals surface area contributed by atoms with Crippen molar-refractivity contribution in [3.05, 3.63) is 64.4 Å². The van der Waals surface area contributed by atoms with E-state index in [1.165, 1.54) is 5.56 Å². The number of pyridine rings is 1. The number of nitrogens with two attached hydrogens (primary N) is 1. The van der Waals surface area contributed by atoms with Gasteiger partial charge in [0.25, 0.3) is 0 Å². The summed E-state index contributed by atoms with van der Waals surface area (Å²) in [6, 6.07) is 12.1. The van der Waals surface area contributed by atoms with Crippen molar-refractivity contribution < 1.29 is 0 Å². The number of nitrogens with zero attached hydrogens (tertiary/aromatic N) is 1. The number of hydrogen-bond donors (Lipinski definition) is 2. The van der Waals surface area contributed by atoms with Gasteiger partial charge in [-0.1, -0.05) is 55.3 Å². The van der Waals surface area contributed by atoms with Crippen molar-refractivity contribution in [2.45, 2.75) is 25.8 Å². The lowest BCUT2D eigenvalue weighted by Gasteiger charge is -2.17. The Labute approximate surface area is 118 Å². The van der Waals surface area contributed by atoms with Crippen molar-refractivity contribution in [2.24, 2.45) is 5.84 Å². The fourth-order valence-corrected chi connectivity index (χ4v) is 2.22. The quantitative estimate of drug-likeness (QED) is 0.500. The molecule has 19 heavy (non-hydrogen) atoms. The molecule has 1 aromatic carbocycles. The summed E-state index contributed by atoms with van der Waals surface area (Å²) in [5.74, 6) is 5.66. The molecule has 2 rings (SSSR count). The molecule has 0 spiro atoms. The molecule has 4 heteroatoms. The monoisotopic (exact) mass is 275 g/mol. The number of hydrazine groups is 1. The summed E-state index contributed by atoms with van der Waals surface area (Å²) in [4.78, 5) is 4.09. The summed E-state index contributed by atoms with van der Waals surface area (Å²) in [7, 11) is 0. The van der Waals surface area contributed by atoms with Crippen molar-refractivity contribution in [1.29, 1.82) is 0 Å². The maximum absolute atomic E-state index is 5.80. The first kappa shape index (κ1) is 14.0. The summed E-state index contributed by atoms with van der Waals surface area (Å²) in [6.07, 6.45) is 4.00. The summed E-state index contributed by atoms with van der Waals surface area (Å²) < 4.78 is 0. The Kier molecular flexibility index (Phi) is 4.91. The number of aromatic nitrogens is 1. The molecule has 0 amide bonds. The van der Waals surface area contributed by atoms with Crippen LogP contribution in [0.25, 0.3) is 0 Å². The third kappa shape index (κ3) is 3.53. The molecule has 0 aliphatic heterocycles. The van der Waals surface area contributed by atoms with Crippen molar-refractivity contribution in [1.82, 2.24) is 10.4 Å². The molecule has 2 aromatic rings. The Morgan fingerprint density at radius 2 is 1.84 bits per heavy atom. The Balaban J connectivity index is 2.23. The van der Waals surface area contributed by atoms with Crippen LogP contribution in [0.1, 0.15) is 36.1 Å². The molecule has 3 N–H and O–H groups in total. The number of hydrogen-bond acceptors (Lipinski definition) is 3. The SMILES string of the molecule is CCCc1ccc(C(NN)c2ccc(Cl)nc2)cc1. The summed E-state index contributed by atoms with van der Waals surface area (Å²) >= 11 is 5.80. The van der Waals surface area contributed by atoms with E-state index in [0.717, 1.165) is 24.0 Å². The van der Waals surface area contributed by atoms with Gasteiger partial charge in [-0.25, -0.2) is 10.4 Å². The maximum Gasteiger partial charge on any atom is 0.129 e. The second-order valence-corrected chi connectivity index (χ2v) is 4.89. The van der Waals surface area contributed by atoms with E-state index >= 15 is 0 Å². The van der Waals surface area contributed by atoms with Crippen molar-refractivity contribution in [2.75, 3.05) is 0 Å². The zero-order valence-electron chi connectivity index (χ0n) is 10.9. The van der Waals surface area contributed by atoms with Crippen molar-refractivity contribution >= 4 is 11.6 Å². The minimum atomic E-state index is -0.0690. The van der Waals surface area contributed by atoms with Gasteiger partial charge in [-0.15, -0.1) is 0 Å². The van der Waals surface area contributed by atoms with E-state index in [9.17, 15) is 0 Å². The van der Waals surface area contributed by atoms with Gasteiger partial charge in [0.05, 0.1) is 6.04 Å². The molecule has 1 heterocycles. The molecular formula is C15H18ClN3. The smallest absolute Gasteiger partial charge is 0.129 e. The third-order valence-electron chi connectivity index (χ3n) is 3.10. The highest BCUT2D eigenvalue weighted by Gasteiger charge is 2.12. The minimum absolute atomic E-state index is 0.0690. The fourth-order valence-electron chi connectivity index (χ4n) is 2.11. The van der Waals surface area contributed by atoms with Gasteiger partial charge in [-0.05, 0) is 29.2 Å². The van der Waals surface area contributed by atoms with Gasteiger partial charge in [-0.2, -0.15) is 0 Å². The van der Waals surface area contributed by atoms with Crippen LogP contribution in [0.15, 0.2) is 42.6 Å². The van der Waals surface area contributed by atoms with E-state index in [-0.39, 0.29) is 6.04 Å². The summed E-state index contributed by atoms with van der Waals surface area (Å²) in [6.45, 7) is 2.18. The highest BCUT2D eigenvalue weighted by atomic mass is 35.5. The van der Waals surface area contributed by atoms with Crippen LogP contribution < -0.4 is 11.3 Å². The van der Waals surface area contributed by atoms with Gasteiger partial charge in [-0.3, -0.25) is 5.84 Å². The summed E-state index contributed by atoms with van der Waals surface area (Å²) in [5, 5.41) is 0.484. The topological polar surface area (TPSA) is 50.9 Å². The van der Waals surface area contributed by atoms with Gasteiger partial charge in [0, 0.05) is 6.20 Å². The van der Waals surface area contributed by atoms with E-state index in [1.54, 1.807) is 12.3 Å². The summed E-state index contributed by atoms with van der Waals surface area (Å²) in [5.41, 5.74) is 6.28. The molecular weight excluding hydrogens is 258 g/mol. The van der Waals surface area contributed by atoms with E-state index in [2.05, 4.69) is 41.6 Å². The van der Waals surface area contributed by atoms with Gasteiger partial charge in [0.15, 0.2) is 0 Å². The van der Waals surface area contributed by atoms with Crippen LogP contribution in [0.3, 0.4) is 0 Å². The first-order chi connectivity index (χ1) is 9.24. The van der Waals surface area contributed by atoms with Crippen molar-refractivity contribution in [3.8, 4) is 0 Å². The van der Waals surface area contributed by atoms with E-state index in [1.807, 2.05) is 6.07 Å². The number of benzene rings is 1. The molecule has 3 nitrogen and oxygen atoms in total. The van der Waals surface area contributed by atoms with Gasteiger partial charge in [0.1, 0.15) is 5.15 Å². The molecule has 0 aliphatic rings. The Hall–Kier alpha value is -1.42. The lowest BCUT2D eigenvalue weighted by Crippen LogP contribution is -2.28. The zero-order valence-corrected chi connectivity index (χ0v) is 11.7. The molecule has 1 unspecified atom stereocenters. The third-order valence-corrected chi connectivity index (χ3v) is 3.33. The molecule has 1 aromatic heterocycles. The largest absolute Gasteiger partial charge is 0.271 e. The highest BCUT2D eigenvalue weighted by molar-refractivity contribution is 6.29. The van der Waals surface area contributed by atoms with Crippen LogP contribution in [0.5, 0.6) is 0 Å². The molecule has 0 fully saturated rings. The van der Waals surface area contributed by atoms with Gasteiger partial charge in [0.2, 0.25) is 0 Å². The number of aryl methyl sites for hydroxylation is 1. The zero-order chi connectivity index (χ0) is 13.7. The second-order valence-electron chi connectivity index (χ2n) is 4.51. The lowest BCUT2D eigenvalue weighted by atomic mass is 9.99. The molecule has 1 atom stereocenters. The molecule has 0 aliphatic carbocycles. The molecule has 0 saturated heterocycles. The minimum Gasteiger partial charge on any atom is -0.271 e. The fraction of sp³-hybridized carbons (Fsp3) is 0.267. The normalized spacial score (nSPS) is 12.4. The van der Waals surface area contributed by atoms with Crippen LogP contribution in [-0.4, -0.2) is 4.98 Å². The molecule has 0 bridgehead atoms. The first-order valence-electron chi connectivity index (χ1n) is 6.41. The van der Waals surface area contributed by atoms with Gasteiger partial charge < -0.3 is 0 Å². The van der Waals surface area contributed by atoms with E-state index in [0.29, 0.717) is 5.15 Å². The second kappa shape index (κ2) is 6.66. The van der Waals surface area contributed by atoms with Crippen LogP contribution in [0, 0.1) is 0 Å². The Morgan fingerprint density at radius 3 is 2.37 bits per heavy atom. The Morgan fingerprint density at radius 1 is 1.16 bits per heavy atom. The highest BCUT2D eigenvalue weighted by Crippen LogP contribution is 2.22. The average Bonchev–Trinajstić information content (AvgIpc) is 2.44. The first-order valence-corrected chi connectivity index (χ1v) is 6.78. The Bertz CT molecular complexity index is 508. The predicted octanol–water partition coefficient (Wildman–Crippen LogP) is 3.24. The van der Waals surface area contributed by atoms with Crippen LogP contribution in [0.4, 0.5) is 0 Å². The standard InChI is InChI=1S/C15H18ClN3/c1-2-3-11-4-6-12(7-5-11)15(19-17)13-8-9-14(16)18-10-13/h4-10,15,19H,2-3,17H2,1H3. The van der Waals surface area contributed by atoms with Crippen LogP contribution in [-0.2, 0) is 6.42 Å². The average molecular weight is 276 g/mol. The molecule has 100 valence electrons. The number of halogens is 1. The predicted molar refractivity (Wildman–Crippen MR) is 78.9 cm³/mol. The van der Waals surface area contributed by atoms with E-state index in [4.69, 9.17) is 17.4 Å². The van der Waals surface area contributed by atoms with Crippen LogP contribution >= 0.6 is 11.6 Å². The van der Waals surface area contributed by atoms with Crippen LogP contribution in [0.2, 0.25) is 5.15 Å². The number of nitrogens with one attached hydrogen (secondary N) is 1. The van der Waals surface area contributed by atoms with Crippen molar-refractivity contribution in [3.63, 3.8) is 0 Å². The molecule has 0 radical (unpaired) electrons. The molecule has 0 saturated carbocycles. The number of rotatable bonds is 5. The van der Waals surface area contributed by atoms with Gasteiger partial charge >= 0.3 is 0 Å². The lowest BCUT2D eigenvalue weighted by molar-refractivity contribution is 0.634. The van der Waals surface area contributed by atoms with E-state index < -0.39 is 0 Å². The maximum atomic E-state index is 5.80.